The van der Waals surface area contributed by atoms with Crippen LogP contribution in [-0.4, -0.2) is 42.6 Å². The van der Waals surface area contributed by atoms with Gasteiger partial charge in [-0.05, 0) is 0 Å². The summed E-state index contributed by atoms with van der Waals surface area (Å²) in [6.07, 6.45) is 6.45. The Labute approximate surface area is 118 Å². The molecule has 102 valence electrons. The van der Waals surface area contributed by atoms with E-state index >= 15 is 0 Å². The van der Waals surface area contributed by atoms with Crippen LogP contribution < -0.4 is 3.58 Å². The maximum absolute atomic E-state index is 11.8. The molecule has 1 aromatic heterocycles. The Hall–Kier alpha value is -0.821. The number of benzene rings is 1. The summed E-state index contributed by atoms with van der Waals surface area (Å²) < 4.78 is 26.7. The van der Waals surface area contributed by atoms with Crippen LogP contribution in [0.15, 0.2) is 41.8 Å². The zero-order valence-electron chi connectivity index (χ0n) is 11.6. The molecule has 1 heterocycles. The zero-order chi connectivity index (χ0) is 14.3. The van der Waals surface area contributed by atoms with Gasteiger partial charge in [0.25, 0.3) is 0 Å². The molecule has 0 atom stereocenters. The number of imidazole rings is 1. The molecule has 0 aliphatic carbocycles. The minimum atomic E-state index is -3.20. The monoisotopic (exact) mass is 386 g/mol. The van der Waals surface area contributed by atoms with Gasteiger partial charge < -0.3 is 0 Å². The van der Waals surface area contributed by atoms with Crippen molar-refractivity contribution >= 4 is 31.8 Å². The number of rotatable bonds is 3. The van der Waals surface area contributed by atoms with Crippen molar-refractivity contribution in [2.24, 2.45) is 0 Å². The molecule has 1 aromatic carbocycles. The normalized spacial score (nSPS) is 12.6. The first-order valence-corrected chi connectivity index (χ1v) is 17.9. The molecule has 2 rings (SSSR count). The van der Waals surface area contributed by atoms with Gasteiger partial charge in [-0.3, -0.25) is 0 Å². The third kappa shape index (κ3) is 3.39. The quantitative estimate of drug-likeness (QED) is 0.758. The van der Waals surface area contributed by atoms with E-state index in [-0.39, 0.29) is 0 Å². The molecular weight excluding hydrogens is 367 g/mol. The van der Waals surface area contributed by atoms with E-state index in [1.54, 1.807) is 18.6 Å². The van der Waals surface area contributed by atoms with Crippen molar-refractivity contribution in [1.29, 1.82) is 0 Å². The first-order chi connectivity index (χ1) is 8.68. The molecule has 4 nitrogen and oxygen atoms in total. The van der Waals surface area contributed by atoms with Gasteiger partial charge in [-0.2, -0.15) is 0 Å². The summed E-state index contributed by atoms with van der Waals surface area (Å²) in [5, 5.41) is 0. The second-order valence-electron chi connectivity index (χ2n) is 5.71. The Balaban J connectivity index is 2.69. The molecule has 0 saturated heterocycles. The molecule has 0 saturated carbocycles. The van der Waals surface area contributed by atoms with Crippen molar-refractivity contribution in [2.45, 2.75) is 19.7 Å². The van der Waals surface area contributed by atoms with Crippen LogP contribution in [0.1, 0.15) is 0 Å². The summed E-state index contributed by atoms with van der Waals surface area (Å²) >= 11 is -2.34. The summed E-state index contributed by atoms with van der Waals surface area (Å²) in [4.78, 5) is 11.2. The van der Waals surface area contributed by atoms with Crippen LogP contribution >= 0.6 is 0 Å². The average molecular weight is 385 g/mol. The van der Waals surface area contributed by atoms with Crippen molar-refractivity contribution in [1.82, 2.24) is 9.55 Å². The van der Waals surface area contributed by atoms with E-state index in [9.17, 15) is 8.42 Å². The number of hydrogen-bond donors (Lipinski definition) is 0. The topological polar surface area (TPSA) is 52.0 Å². The van der Waals surface area contributed by atoms with Crippen LogP contribution in [0.5, 0.6) is 0 Å². The van der Waals surface area contributed by atoms with Gasteiger partial charge >= 0.3 is 118 Å². The van der Waals surface area contributed by atoms with Crippen molar-refractivity contribution in [3.05, 3.63) is 36.9 Å². The Morgan fingerprint density at radius 1 is 1.16 bits per heavy atom. The summed E-state index contributed by atoms with van der Waals surface area (Å²) in [5.41, 5.74) is 0.863. The van der Waals surface area contributed by atoms with Crippen LogP contribution in [0.2, 0.25) is 14.8 Å². The third-order valence-corrected chi connectivity index (χ3v) is 9.85. The van der Waals surface area contributed by atoms with Gasteiger partial charge in [-0.1, -0.05) is 0 Å². The van der Waals surface area contributed by atoms with Crippen LogP contribution in [0.3, 0.4) is 0 Å². The van der Waals surface area contributed by atoms with Crippen molar-refractivity contribution in [3.8, 4) is 5.69 Å². The van der Waals surface area contributed by atoms with Gasteiger partial charge in [-0.25, -0.2) is 0 Å². The molecule has 0 aliphatic rings. The van der Waals surface area contributed by atoms with Gasteiger partial charge in [0.05, 0.1) is 0 Å². The van der Waals surface area contributed by atoms with Crippen molar-refractivity contribution in [3.63, 3.8) is 0 Å². The first kappa shape index (κ1) is 14.6. The van der Waals surface area contributed by atoms with Crippen molar-refractivity contribution < 1.29 is 8.42 Å². The Kier molecular flexibility index (Phi) is 3.79. The average Bonchev–Trinajstić information content (AvgIpc) is 2.79. The number of hydrogen-bond acceptors (Lipinski definition) is 3. The molecule has 0 aliphatic heterocycles. The van der Waals surface area contributed by atoms with Gasteiger partial charge in [0, 0.05) is 0 Å². The molecule has 19 heavy (non-hydrogen) atoms. The molecule has 0 bridgehead atoms. The molecular formula is C13H18N2O2SSn. The third-order valence-electron chi connectivity index (χ3n) is 2.99. The summed E-state index contributed by atoms with van der Waals surface area (Å²) in [7, 11) is -3.20. The fraction of sp³-hybridized carbons (Fsp3) is 0.308. The number of sulfone groups is 1. The molecule has 6 heteroatoms. The summed E-state index contributed by atoms with van der Waals surface area (Å²) in [5.74, 6) is 0. The second-order valence-corrected chi connectivity index (χ2v) is 22.2. The Morgan fingerprint density at radius 3 is 2.32 bits per heavy atom. The molecule has 0 amide bonds. The maximum atomic E-state index is 11.8. The van der Waals surface area contributed by atoms with Crippen LogP contribution in [0.4, 0.5) is 0 Å². The fourth-order valence-electron chi connectivity index (χ4n) is 1.79. The Morgan fingerprint density at radius 2 is 1.84 bits per heavy atom. The van der Waals surface area contributed by atoms with E-state index in [1.165, 1.54) is 9.84 Å². The molecule has 0 spiro atoms. The van der Waals surface area contributed by atoms with Gasteiger partial charge in [-0.15, -0.1) is 0 Å². The first-order valence-electron chi connectivity index (χ1n) is 6.02. The number of aromatic nitrogens is 2. The fourth-order valence-corrected chi connectivity index (χ4v) is 6.10. The Bertz CT molecular complexity index is 686. The van der Waals surface area contributed by atoms with Gasteiger partial charge in [0.2, 0.25) is 0 Å². The molecule has 0 radical (unpaired) electrons. The molecule has 2 aromatic rings. The second kappa shape index (κ2) is 4.94. The molecule has 0 unspecified atom stereocenters. The van der Waals surface area contributed by atoms with E-state index in [0.717, 1.165) is 5.69 Å². The standard InChI is InChI=1S/C10H9N2O2S.3CH3.Sn/c1-15(13,14)10-4-2-3-9(7-10)12-6-5-11-8-12;;;;/h3-8H,1H3;3*1H3;. The van der Waals surface area contributed by atoms with Crippen LogP contribution in [0, 0.1) is 0 Å². The van der Waals surface area contributed by atoms with E-state index in [4.69, 9.17) is 0 Å². The molecule has 0 N–H and O–H groups in total. The SMILES string of the molecule is CS(=O)(=O)c1cc(-n2ccnc2)c[c]([Sn]([CH3])([CH3])[CH3])c1. The zero-order valence-corrected chi connectivity index (χ0v) is 15.3. The summed E-state index contributed by atoms with van der Waals surface area (Å²) in [6.45, 7) is 0. The van der Waals surface area contributed by atoms with E-state index in [1.807, 2.05) is 16.8 Å². The van der Waals surface area contributed by atoms with Gasteiger partial charge in [0.15, 0.2) is 0 Å². The number of nitrogens with zero attached hydrogens (tertiary/aromatic N) is 2. The van der Waals surface area contributed by atoms with Crippen LogP contribution in [-0.2, 0) is 9.84 Å². The van der Waals surface area contributed by atoms with E-state index in [0.29, 0.717) is 4.90 Å². The van der Waals surface area contributed by atoms with Gasteiger partial charge in [0.1, 0.15) is 0 Å². The predicted molar refractivity (Wildman–Crippen MR) is 79.7 cm³/mol. The van der Waals surface area contributed by atoms with E-state index in [2.05, 4.69) is 25.9 Å². The van der Waals surface area contributed by atoms with Crippen molar-refractivity contribution in [2.75, 3.05) is 6.26 Å². The summed E-state index contributed by atoms with van der Waals surface area (Å²) in [6, 6.07) is 5.64. The predicted octanol–water partition coefficient (Wildman–Crippen LogP) is 1.82. The molecule has 0 fully saturated rings. The van der Waals surface area contributed by atoms with Crippen LogP contribution in [0.25, 0.3) is 5.69 Å². The van der Waals surface area contributed by atoms with E-state index < -0.39 is 28.2 Å². The minimum absolute atomic E-state index is 0.389.